The van der Waals surface area contributed by atoms with Crippen LogP contribution in [0.3, 0.4) is 0 Å². The summed E-state index contributed by atoms with van der Waals surface area (Å²) in [6.45, 7) is 1.32. The third-order valence-electron chi connectivity index (χ3n) is 3.31. The number of nitrogens with zero attached hydrogens (tertiary/aromatic N) is 1. The van der Waals surface area contributed by atoms with E-state index in [2.05, 4.69) is 5.32 Å². The van der Waals surface area contributed by atoms with Crippen molar-refractivity contribution in [3.8, 4) is 0 Å². The number of hydrogen-bond donors (Lipinski definition) is 2. The zero-order valence-corrected chi connectivity index (χ0v) is 12.4. The van der Waals surface area contributed by atoms with Gasteiger partial charge in [-0.05, 0) is 24.1 Å². The largest absolute Gasteiger partial charge is 0.354 e. The summed E-state index contributed by atoms with van der Waals surface area (Å²) in [5.41, 5.74) is 6.73. The summed E-state index contributed by atoms with van der Waals surface area (Å²) in [4.78, 5) is 25.0. The van der Waals surface area contributed by atoms with E-state index in [1.54, 1.807) is 17.0 Å². The van der Waals surface area contributed by atoms with Gasteiger partial charge in [-0.1, -0.05) is 12.1 Å². The molecule has 1 fully saturated rings. The Labute approximate surface area is 129 Å². The van der Waals surface area contributed by atoms with Crippen LogP contribution in [0.15, 0.2) is 24.3 Å². The van der Waals surface area contributed by atoms with E-state index in [1.807, 2.05) is 0 Å². The Morgan fingerprint density at radius 1 is 1.33 bits per heavy atom. The topological polar surface area (TPSA) is 75.4 Å². The molecule has 1 aliphatic heterocycles. The molecule has 0 spiro atoms. The molecule has 1 heterocycles. The van der Waals surface area contributed by atoms with Gasteiger partial charge in [0.2, 0.25) is 11.8 Å². The first-order chi connectivity index (χ1) is 9.56. The average molecular weight is 316 g/mol. The molecule has 116 valence electrons. The number of nitrogens with one attached hydrogen (secondary N) is 1. The summed E-state index contributed by atoms with van der Waals surface area (Å²) < 4.78 is 12.8. The third kappa shape index (κ3) is 4.99. The maximum atomic E-state index is 12.8. The highest BCUT2D eigenvalue weighted by molar-refractivity contribution is 5.85. The van der Waals surface area contributed by atoms with Gasteiger partial charge in [0.05, 0.1) is 6.04 Å². The van der Waals surface area contributed by atoms with Gasteiger partial charge in [-0.3, -0.25) is 9.59 Å². The molecule has 2 rings (SSSR count). The van der Waals surface area contributed by atoms with E-state index in [0.717, 1.165) is 5.56 Å². The Balaban J connectivity index is 0.00000220. The van der Waals surface area contributed by atoms with Crippen molar-refractivity contribution in [2.24, 2.45) is 5.73 Å². The molecular formula is C14H19ClFN3O2. The Kier molecular flexibility index (Phi) is 6.58. The van der Waals surface area contributed by atoms with E-state index in [4.69, 9.17) is 5.73 Å². The van der Waals surface area contributed by atoms with Gasteiger partial charge in [0.25, 0.3) is 0 Å². The summed E-state index contributed by atoms with van der Waals surface area (Å²) >= 11 is 0. The number of carbonyl (C=O) groups excluding carboxylic acids is 2. The van der Waals surface area contributed by atoms with Crippen molar-refractivity contribution >= 4 is 24.2 Å². The minimum atomic E-state index is -0.673. The maximum absolute atomic E-state index is 12.8. The molecule has 0 bridgehead atoms. The Morgan fingerprint density at radius 3 is 2.67 bits per heavy atom. The second kappa shape index (κ2) is 7.95. The molecule has 21 heavy (non-hydrogen) atoms. The molecule has 5 nitrogen and oxygen atoms in total. The van der Waals surface area contributed by atoms with Crippen LogP contribution < -0.4 is 11.1 Å². The molecule has 0 aliphatic carbocycles. The lowest BCUT2D eigenvalue weighted by Crippen LogP contribution is -2.46. The lowest BCUT2D eigenvalue weighted by molar-refractivity contribution is -0.132. The van der Waals surface area contributed by atoms with Crippen LogP contribution in [0.4, 0.5) is 4.39 Å². The van der Waals surface area contributed by atoms with Crippen molar-refractivity contribution in [2.45, 2.75) is 18.9 Å². The van der Waals surface area contributed by atoms with Crippen LogP contribution in [0.25, 0.3) is 0 Å². The SMILES string of the molecule is Cl.N[C@@H](Cc1ccc(F)cc1)C(=O)N1CCNC(=O)CC1. The number of amides is 2. The van der Waals surface area contributed by atoms with Crippen molar-refractivity contribution in [3.05, 3.63) is 35.6 Å². The van der Waals surface area contributed by atoms with Gasteiger partial charge in [0, 0.05) is 26.1 Å². The van der Waals surface area contributed by atoms with Gasteiger partial charge in [-0.25, -0.2) is 4.39 Å². The Morgan fingerprint density at radius 2 is 2.00 bits per heavy atom. The zero-order chi connectivity index (χ0) is 14.5. The van der Waals surface area contributed by atoms with Crippen molar-refractivity contribution < 1.29 is 14.0 Å². The molecule has 3 N–H and O–H groups in total. The first-order valence-electron chi connectivity index (χ1n) is 6.62. The van der Waals surface area contributed by atoms with Crippen molar-refractivity contribution in [1.29, 1.82) is 0 Å². The number of hydrogen-bond acceptors (Lipinski definition) is 3. The first-order valence-corrected chi connectivity index (χ1v) is 6.62. The second-order valence-corrected chi connectivity index (χ2v) is 4.86. The lowest BCUT2D eigenvalue weighted by atomic mass is 10.1. The van der Waals surface area contributed by atoms with E-state index in [9.17, 15) is 14.0 Å². The molecule has 1 aromatic carbocycles. The van der Waals surface area contributed by atoms with Crippen molar-refractivity contribution in [2.75, 3.05) is 19.6 Å². The van der Waals surface area contributed by atoms with Crippen LogP contribution in [0.2, 0.25) is 0 Å². The van der Waals surface area contributed by atoms with Crippen molar-refractivity contribution in [3.63, 3.8) is 0 Å². The van der Waals surface area contributed by atoms with Crippen LogP contribution >= 0.6 is 12.4 Å². The molecule has 2 amide bonds. The number of halogens is 2. The predicted molar refractivity (Wildman–Crippen MR) is 79.5 cm³/mol. The molecule has 0 unspecified atom stereocenters. The summed E-state index contributed by atoms with van der Waals surface area (Å²) in [5.74, 6) is -0.538. The molecule has 7 heteroatoms. The van der Waals surface area contributed by atoms with Crippen LogP contribution in [0.1, 0.15) is 12.0 Å². The van der Waals surface area contributed by atoms with Gasteiger partial charge >= 0.3 is 0 Å². The van der Waals surface area contributed by atoms with Gasteiger partial charge in [-0.15, -0.1) is 12.4 Å². The number of benzene rings is 1. The standard InChI is InChI=1S/C14H18FN3O2.ClH/c15-11-3-1-10(2-4-11)9-12(16)14(20)18-7-5-13(19)17-6-8-18;/h1-4,12H,5-9,16H2,(H,17,19);1H/t12-;/m0./s1. The summed E-state index contributed by atoms with van der Waals surface area (Å²) in [7, 11) is 0. The minimum absolute atomic E-state index is 0. The number of carbonyl (C=O) groups is 2. The molecule has 0 radical (unpaired) electrons. The second-order valence-electron chi connectivity index (χ2n) is 4.86. The van der Waals surface area contributed by atoms with Crippen molar-refractivity contribution in [1.82, 2.24) is 10.2 Å². The van der Waals surface area contributed by atoms with E-state index in [0.29, 0.717) is 32.5 Å². The van der Waals surface area contributed by atoms with Crippen LogP contribution in [0, 0.1) is 5.82 Å². The molecule has 1 saturated heterocycles. The highest BCUT2D eigenvalue weighted by atomic mass is 35.5. The van der Waals surface area contributed by atoms with Crippen LogP contribution in [0.5, 0.6) is 0 Å². The molecule has 0 saturated carbocycles. The normalized spacial score (nSPS) is 16.5. The highest BCUT2D eigenvalue weighted by Crippen LogP contribution is 2.07. The highest BCUT2D eigenvalue weighted by Gasteiger charge is 2.23. The van der Waals surface area contributed by atoms with E-state index in [-0.39, 0.29) is 30.0 Å². The Bertz CT molecular complexity index is 495. The lowest BCUT2D eigenvalue weighted by Gasteiger charge is -2.23. The summed E-state index contributed by atoms with van der Waals surface area (Å²) in [6.07, 6.45) is 0.659. The molecule has 0 aromatic heterocycles. The third-order valence-corrected chi connectivity index (χ3v) is 3.31. The quantitative estimate of drug-likeness (QED) is 0.851. The van der Waals surface area contributed by atoms with Crippen LogP contribution in [-0.4, -0.2) is 42.4 Å². The fourth-order valence-electron chi connectivity index (χ4n) is 2.18. The van der Waals surface area contributed by atoms with Crippen LogP contribution in [-0.2, 0) is 16.0 Å². The molecule has 1 aliphatic rings. The van der Waals surface area contributed by atoms with Gasteiger partial charge in [0.1, 0.15) is 5.82 Å². The fourth-order valence-corrected chi connectivity index (χ4v) is 2.18. The first kappa shape index (κ1) is 17.4. The minimum Gasteiger partial charge on any atom is -0.354 e. The Hall–Kier alpha value is -1.66. The molecular weight excluding hydrogens is 297 g/mol. The monoisotopic (exact) mass is 315 g/mol. The van der Waals surface area contributed by atoms with E-state index < -0.39 is 6.04 Å². The van der Waals surface area contributed by atoms with Gasteiger partial charge < -0.3 is 16.0 Å². The molecule has 1 atom stereocenters. The van der Waals surface area contributed by atoms with E-state index in [1.165, 1.54) is 12.1 Å². The summed E-state index contributed by atoms with van der Waals surface area (Å²) in [5, 5.41) is 2.71. The maximum Gasteiger partial charge on any atom is 0.239 e. The fraction of sp³-hybridized carbons (Fsp3) is 0.429. The zero-order valence-electron chi connectivity index (χ0n) is 11.5. The smallest absolute Gasteiger partial charge is 0.239 e. The average Bonchev–Trinajstić information content (AvgIpc) is 2.65. The summed E-state index contributed by atoms with van der Waals surface area (Å²) in [6, 6.07) is 5.27. The van der Waals surface area contributed by atoms with Gasteiger partial charge in [0.15, 0.2) is 0 Å². The number of nitrogens with two attached hydrogens (primary N) is 1. The molecule has 1 aromatic rings. The predicted octanol–water partition coefficient (Wildman–Crippen LogP) is 0.466. The van der Waals surface area contributed by atoms with Gasteiger partial charge in [-0.2, -0.15) is 0 Å². The van der Waals surface area contributed by atoms with E-state index >= 15 is 0 Å². The number of rotatable bonds is 3.